The Hall–Kier alpha value is -2.87. The van der Waals surface area contributed by atoms with E-state index in [2.05, 4.69) is 26.1 Å². The molecule has 1 aliphatic heterocycles. The largest absolute Gasteiger partial charge is 0.421 e. The van der Waals surface area contributed by atoms with Gasteiger partial charge in [0, 0.05) is 21.5 Å². The molecule has 8 heteroatoms. The summed E-state index contributed by atoms with van der Waals surface area (Å²) in [6, 6.07) is 9.09. The zero-order valence-corrected chi connectivity index (χ0v) is 18.2. The van der Waals surface area contributed by atoms with Crippen molar-refractivity contribution < 1.29 is 18.0 Å². The van der Waals surface area contributed by atoms with E-state index < -0.39 is 5.82 Å². The van der Waals surface area contributed by atoms with Crippen molar-refractivity contribution in [3.05, 3.63) is 76.5 Å². The molecule has 1 amide bonds. The first-order chi connectivity index (χ1) is 14.9. The van der Waals surface area contributed by atoms with Crippen LogP contribution in [0.25, 0.3) is 10.1 Å². The van der Waals surface area contributed by atoms with E-state index in [0.717, 1.165) is 12.8 Å². The number of anilines is 1. The van der Waals surface area contributed by atoms with Crippen LogP contribution in [0, 0.1) is 18.6 Å². The molecule has 1 aliphatic carbocycles. The summed E-state index contributed by atoms with van der Waals surface area (Å²) in [5.41, 5.74) is 2.70. The van der Waals surface area contributed by atoms with Crippen molar-refractivity contribution in [2.45, 2.75) is 38.6 Å². The summed E-state index contributed by atoms with van der Waals surface area (Å²) in [7, 11) is 0. The maximum Gasteiger partial charge on any atom is 0.245 e. The highest BCUT2D eigenvalue weighted by molar-refractivity contribution is 9.15. The van der Waals surface area contributed by atoms with E-state index in [-0.39, 0.29) is 36.5 Å². The molecular formula is C23H18BrF2N3O2. The fraction of sp³-hybridized carbons (Fsp3) is 0.261. The number of hydrogen-bond donors (Lipinski definition) is 0. The van der Waals surface area contributed by atoms with Gasteiger partial charge in [-0.15, -0.1) is 10.2 Å². The van der Waals surface area contributed by atoms with Crippen LogP contribution in [0.3, 0.4) is 0 Å². The van der Waals surface area contributed by atoms with Gasteiger partial charge in [0.15, 0.2) is 0 Å². The van der Waals surface area contributed by atoms with Crippen LogP contribution in [0.4, 0.5) is 14.5 Å². The van der Waals surface area contributed by atoms with E-state index in [1.165, 1.54) is 23.1 Å². The highest BCUT2D eigenvalue weighted by Crippen LogP contribution is 2.44. The number of aryl methyl sites for hydroxylation is 1. The quantitative estimate of drug-likeness (QED) is 0.473. The molecule has 2 heterocycles. The second-order valence-corrected chi connectivity index (χ2v) is 8.71. The molecule has 2 aromatic carbocycles. The third kappa shape index (κ3) is 3.80. The first kappa shape index (κ1) is 20.1. The van der Waals surface area contributed by atoms with E-state index in [1.807, 2.05) is 0 Å². The number of nitrogens with zero attached hydrogens (tertiary/aromatic N) is 3. The minimum absolute atomic E-state index is 0.0163. The van der Waals surface area contributed by atoms with Crippen LogP contribution in [-0.2, 0) is 11.3 Å². The van der Waals surface area contributed by atoms with E-state index in [0.29, 0.717) is 38.3 Å². The molecule has 1 saturated carbocycles. The smallest absolute Gasteiger partial charge is 0.245 e. The Morgan fingerprint density at radius 1 is 1.16 bits per heavy atom. The number of benzene rings is 2. The minimum atomic E-state index is -0.435. The Bertz CT molecular complexity index is 1230. The highest BCUT2D eigenvalue weighted by atomic mass is 79.9. The van der Waals surface area contributed by atoms with Gasteiger partial charge in [-0.1, -0.05) is 12.1 Å². The molecule has 1 aromatic heterocycles. The predicted octanol–water partition coefficient (Wildman–Crippen LogP) is 5.73. The van der Waals surface area contributed by atoms with Crippen LogP contribution in [0.15, 0.2) is 40.8 Å². The van der Waals surface area contributed by atoms with Crippen LogP contribution in [0.2, 0.25) is 0 Å². The summed E-state index contributed by atoms with van der Waals surface area (Å²) < 4.78 is 34.6. The second kappa shape index (κ2) is 7.67. The second-order valence-electron chi connectivity index (χ2n) is 7.91. The molecule has 5 nitrogen and oxygen atoms in total. The number of fused-ring (bicyclic) bond motifs is 1. The lowest BCUT2D eigenvalue weighted by molar-refractivity contribution is -0.117. The van der Waals surface area contributed by atoms with Crippen LogP contribution < -0.4 is 4.90 Å². The number of halogens is 3. The Morgan fingerprint density at radius 2 is 1.97 bits per heavy atom. The molecule has 3 aromatic rings. The van der Waals surface area contributed by atoms with Crippen molar-refractivity contribution >= 4 is 37.6 Å². The molecule has 0 spiro atoms. The summed E-state index contributed by atoms with van der Waals surface area (Å²) in [6.07, 6.45) is 2.00. The molecule has 5 rings (SSSR count). The third-order valence-corrected chi connectivity index (χ3v) is 6.49. The molecule has 158 valence electrons. The van der Waals surface area contributed by atoms with E-state index in [9.17, 15) is 13.6 Å². The zero-order valence-electron chi connectivity index (χ0n) is 16.7. The fourth-order valence-corrected chi connectivity index (χ4v) is 4.28. The lowest BCUT2D eigenvalue weighted by atomic mass is 10.1. The van der Waals surface area contributed by atoms with E-state index in [1.54, 1.807) is 25.1 Å². The normalized spacial score (nSPS) is 16.5. The predicted molar refractivity (Wildman–Crippen MR) is 115 cm³/mol. The monoisotopic (exact) mass is 485 g/mol. The molecule has 0 bridgehead atoms. The summed E-state index contributed by atoms with van der Waals surface area (Å²) in [4.78, 5) is 14.8. The van der Waals surface area contributed by atoms with Crippen LogP contribution in [-0.4, -0.2) is 16.1 Å². The van der Waals surface area contributed by atoms with Gasteiger partial charge in [0.2, 0.25) is 17.7 Å². The lowest BCUT2D eigenvalue weighted by Gasteiger charge is -2.23. The standard InChI is InChI=1S/C23H18BrF2N3O2/c1-12-2-3-13(8-18(12)26)11-29-19-7-6-15(25)9-16(19)21(24)17(10-20(29)30)23-28-27-22(31-23)14-4-5-14/h2-3,6-9,14H,4-5,10-11H2,1H3. The van der Waals surface area contributed by atoms with Gasteiger partial charge in [0.05, 0.1) is 18.7 Å². The molecule has 0 atom stereocenters. The molecule has 0 saturated heterocycles. The fourth-order valence-electron chi connectivity index (χ4n) is 3.65. The molecule has 0 unspecified atom stereocenters. The SMILES string of the molecule is Cc1ccc(CN2C(=O)CC(c3nnc(C4CC4)o3)=C(Br)c3cc(F)ccc32)cc1F. The molecule has 31 heavy (non-hydrogen) atoms. The van der Waals surface area contributed by atoms with Gasteiger partial charge in [-0.2, -0.15) is 0 Å². The Morgan fingerprint density at radius 3 is 2.71 bits per heavy atom. The number of carbonyl (C=O) groups is 1. The average molecular weight is 486 g/mol. The first-order valence-electron chi connectivity index (χ1n) is 9.98. The Labute approximate surface area is 185 Å². The zero-order chi connectivity index (χ0) is 21.7. The van der Waals surface area contributed by atoms with Crippen molar-refractivity contribution in [3.8, 4) is 0 Å². The number of hydrogen-bond acceptors (Lipinski definition) is 4. The molecule has 0 radical (unpaired) electrons. The maximum absolute atomic E-state index is 14.1. The topological polar surface area (TPSA) is 59.2 Å². The van der Waals surface area contributed by atoms with E-state index in [4.69, 9.17) is 4.42 Å². The number of carbonyl (C=O) groups excluding carboxylic acids is 1. The van der Waals surface area contributed by atoms with Gasteiger partial charge in [-0.25, -0.2) is 8.78 Å². The molecular weight excluding hydrogens is 468 g/mol. The minimum Gasteiger partial charge on any atom is -0.421 e. The molecule has 2 aliphatic rings. The lowest BCUT2D eigenvalue weighted by Crippen LogP contribution is -2.30. The van der Waals surface area contributed by atoms with Gasteiger partial charge in [0.25, 0.3) is 0 Å². The van der Waals surface area contributed by atoms with Gasteiger partial charge in [0.1, 0.15) is 11.6 Å². The summed E-state index contributed by atoms with van der Waals surface area (Å²) in [6.45, 7) is 1.83. The highest BCUT2D eigenvalue weighted by Gasteiger charge is 2.33. The molecule has 0 N–H and O–H groups in total. The molecule has 1 fully saturated rings. The third-order valence-electron chi connectivity index (χ3n) is 5.58. The van der Waals surface area contributed by atoms with Crippen molar-refractivity contribution in [1.82, 2.24) is 10.2 Å². The van der Waals surface area contributed by atoms with Gasteiger partial charge >= 0.3 is 0 Å². The van der Waals surface area contributed by atoms with Crippen LogP contribution in [0.1, 0.15) is 53.7 Å². The Balaban J connectivity index is 1.57. The Kier molecular flexibility index (Phi) is 4.97. The number of amides is 1. The van der Waals surface area contributed by atoms with Crippen molar-refractivity contribution in [1.29, 1.82) is 0 Å². The van der Waals surface area contributed by atoms with Crippen molar-refractivity contribution in [2.24, 2.45) is 0 Å². The van der Waals surface area contributed by atoms with Crippen molar-refractivity contribution in [3.63, 3.8) is 0 Å². The average Bonchev–Trinajstić information content (AvgIpc) is 3.50. The van der Waals surface area contributed by atoms with Gasteiger partial charge in [-0.05, 0) is 71.1 Å². The van der Waals surface area contributed by atoms with Gasteiger partial charge in [-0.3, -0.25) is 4.79 Å². The number of aromatic nitrogens is 2. The first-order valence-corrected chi connectivity index (χ1v) is 10.8. The van der Waals surface area contributed by atoms with Crippen LogP contribution in [0.5, 0.6) is 0 Å². The van der Waals surface area contributed by atoms with E-state index >= 15 is 0 Å². The summed E-state index contributed by atoms with van der Waals surface area (Å²) in [5.74, 6) is 0.0863. The summed E-state index contributed by atoms with van der Waals surface area (Å²) >= 11 is 3.54. The number of rotatable bonds is 4. The maximum atomic E-state index is 14.1. The van der Waals surface area contributed by atoms with Crippen LogP contribution >= 0.6 is 15.9 Å². The van der Waals surface area contributed by atoms with Gasteiger partial charge < -0.3 is 9.32 Å². The summed E-state index contributed by atoms with van der Waals surface area (Å²) in [5, 5.41) is 8.24. The van der Waals surface area contributed by atoms with Crippen molar-refractivity contribution in [2.75, 3.05) is 4.90 Å².